The Kier molecular flexibility index (Phi) is 15.8. The van der Waals surface area contributed by atoms with Gasteiger partial charge in [-0.2, -0.15) is 13.2 Å². The van der Waals surface area contributed by atoms with Gasteiger partial charge < -0.3 is 47.8 Å². The quantitative estimate of drug-likeness (QED) is 0.0943. The first-order chi connectivity index (χ1) is 22.2. The zero-order valence-electron chi connectivity index (χ0n) is 26.3. The number of hydrogen-bond donors (Lipinski definition) is 8. The van der Waals surface area contributed by atoms with E-state index in [0.717, 1.165) is 0 Å². The van der Waals surface area contributed by atoms with Gasteiger partial charge in [-0.3, -0.25) is 33.8 Å². The number of hydrogen-bond acceptors (Lipinski definition) is 8. The van der Waals surface area contributed by atoms with Crippen molar-refractivity contribution in [2.24, 2.45) is 22.4 Å². The van der Waals surface area contributed by atoms with Crippen molar-refractivity contribution in [2.75, 3.05) is 20.1 Å². The summed E-state index contributed by atoms with van der Waals surface area (Å²) >= 11 is 0. The lowest BCUT2D eigenvalue weighted by Crippen LogP contribution is -2.57. The molecule has 1 aliphatic heterocycles. The number of carbonyl (C=O) groups excluding carboxylic acids is 5. The molecule has 1 aromatic rings. The first kappa shape index (κ1) is 40.6. The molecule has 0 fully saturated rings. The second-order valence-electron chi connectivity index (χ2n) is 10.8. The molecule has 0 radical (unpaired) electrons. The van der Waals surface area contributed by atoms with Crippen LogP contribution in [0.1, 0.15) is 49.0 Å². The van der Waals surface area contributed by atoms with Gasteiger partial charge in [-0.05, 0) is 36.5 Å². The standard InChI is InChI=1S/C26H38N8O7.C2HF3O2/c1-14(2)21-25(41)34(3)18(8-5-9-29-26(27)28)24(40)31-13-19(35)32-17(11-20(36)37)23(39)30-12-15-6-4-7-16(10-15)22(38)33-21;3-2(4,5)1(6)7/h4,6-7,10,14,17-18,21H,5,8-9,11-13H2,1-3H3,(H,30,39)(H,31,40)(H,32,35)(H,33,38)(H,36,37)(H4,27,28,29);(H,6,7)/t17-,18-,21+;/m0./s1. The van der Waals surface area contributed by atoms with Crippen LogP contribution in [0.15, 0.2) is 29.3 Å². The number of nitrogens with zero attached hydrogens (tertiary/aromatic N) is 2. The number of alkyl halides is 3. The van der Waals surface area contributed by atoms with Crippen LogP contribution in [-0.2, 0) is 35.3 Å². The van der Waals surface area contributed by atoms with E-state index in [4.69, 9.17) is 21.4 Å². The lowest BCUT2D eigenvalue weighted by Gasteiger charge is -2.32. The van der Waals surface area contributed by atoms with Gasteiger partial charge in [0.15, 0.2) is 5.96 Å². The van der Waals surface area contributed by atoms with Crippen LogP contribution in [0.25, 0.3) is 0 Å². The number of benzene rings is 1. The summed E-state index contributed by atoms with van der Waals surface area (Å²) in [5.74, 6) is -7.85. The van der Waals surface area contributed by atoms with E-state index < -0.39 is 78.7 Å². The molecule has 0 spiro atoms. The minimum absolute atomic E-state index is 0.0561. The molecule has 0 saturated carbocycles. The average molecular weight is 689 g/mol. The number of nitrogens with two attached hydrogens (primary N) is 2. The van der Waals surface area contributed by atoms with E-state index >= 15 is 0 Å². The summed E-state index contributed by atoms with van der Waals surface area (Å²) in [5.41, 5.74) is 11.5. The van der Waals surface area contributed by atoms with Crippen LogP contribution in [0.4, 0.5) is 13.2 Å². The van der Waals surface area contributed by atoms with Gasteiger partial charge in [-0.1, -0.05) is 26.0 Å². The van der Waals surface area contributed by atoms with E-state index in [0.29, 0.717) is 12.0 Å². The Balaban J connectivity index is 0.00000148. The summed E-state index contributed by atoms with van der Waals surface area (Å²) in [4.78, 5) is 90.5. The second-order valence-corrected chi connectivity index (χ2v) is 10.8. The van der Waals surface area contributed by atoms with Crippen LogP contribution in [0, 0.1) is 5.92 Å². The number of carbonyl (C=O) groups is 7. The van der Waals surface area contributed by atoms with E-state index in [1.54, 1.807) is 26.0 Å². The van der Waals surface area contributed by atoms with Crippen molar-refractivity contribution in [3.63, 3.8) is 0 Å². The van der Waals surface area contributed by atoms with Gasteiger partial charge in [0.2, 0.25) is 23.6 Å². The fourth-order valence-corrected chi connectivity index (χ4v) is 4.15. The predicted molar refractivity (Wildman–Crippen MR) is 162 cm³/mol. The third-order valence-electron chi connectivity index (χ3n) is 6.62. The van der Waals surface area contributed by atoms with E-state index in [-0.39, 0.29) is 37.0 Å². The maximum atomic E-state index is 13.6. The third kappa shape index (κ3) is 13.9. The van der Waals surface area contributed by atoms with Crippen LogP contribution >= 0.6 is 0 Å². The maximum absolute atomic E-state index is 13.6. The molecule has 17 nitrogen and oxygen atoms in total. The molecule has 48 heavy (non-hydrogen) atoms. The molecule has 266 valence electrons. The number of halogens is 3. The third-order valence-corrected chi connectivity index (χ3v) is 6.62. The van der Waals surface area contributed by atoms with Crippen molar-refractivity contribution >= 4 is 47.4 Å². The van der Waals surface area contributed by atoms with E-state index in [2.05, 4.69) is 26.3 Å². The highest BCUT2D eigenvalue weighted by molar-refractivity contribution is 5.99. The lowest BCUT2D eigenvalue weighted by atomic mass is 10.00. The number of carboxylic acid groups (broad SMARTS) is 2. The second kappa shape index (κ2) is 18.6. The highest BCUT2D eigenvalue weighted by atomic mass is 19.4. The number of aliphatic carboxylic acids is 2. The summed E-state index contributed by atoms with van der Waals surface area (Å²) in [6, 6.07) is 2.84. The van der Waals surface area contributed by atoms with Crippen LogP contribution in [0.3, 0.4) is 0 Å². The number of guanidine groups is 1. The van der Waals surface area contributed by atoms with E-state index in [9.17, 15) is 47.0 Å². The van der Waals surface area contributed by atoms with E-state index in [1.807, 2.05) is 0 Å². The smallest absolute Gasteiger partial charge is 0.481 e. The fourth-order valence-electron chi connectivity index (χ4n) is 4.15. The number of carboxylic acids is 2. The van der Waals surface area contributed by atoms with Crippen molar-refractivity contribution < 1.29 is 56.9 Å². The van der Waals surface area contributed by atoms with Crippen molar-refractivity contribution in [1.29, 1.82) is 0 Å². The molecule has 20 heteroatoms. The molecule has 1 aliphatic rings. The Labute approximate surface area is 272 Å². The number of rotatable bonds is 7. The molecule has 0 unspecified atom stereocenters. The lowest BCUT2D eigenvalue weighted by molar-refractivity contribution is -0.192. The Morgan fingerprint density at radius 1 is 1.02 bits per heavy atom. The average Bonchev–Trinajstić information content (AvgIpc) is 2.99. The Morgan fingerprint density at radius 3 is 2.17 bits per heavy atom. The zero-order chi connectivity index (χ0) is 36.8. The molecule has 2 bridgehead atoms. The van der Waals surface area contributed by atoms with Gasteiger partial charge in [0.1, 0.15) is 18.1 Å². The minimum Gasteiger partial charge on any atom is -0.481 e. The molecule has 3 atom stereocenters. The van der Waals surface area contributed by atoms with Crippen molar-refractivity contribution in [3.05, 3.63) is 35.4 Å². The van der Waals surface area contributed by atoms with Crippen molar-refractivity contribution in [2.45, 2.75) is 64.0 Å². The van der Waals surface area contributed by atoms with Crippen molar-refractivity contribution in [1.82, 2.24) is 26.2 Å². The van der Waals surface area contributed by atoms with Gasteiger partial charge >= 0.3 is 18.1 Å². The summed E-state index contributed by atoms with van der Waals surface area (Å²) in [6.07, 6.45) is -5.35. The Morgan fingerprint density at radius 2 is 1.62 bits per heavy atom. The molecular weight excluding hydrogens is 649 g/mol. The van der Waals surface area contributed by atoms with Crippen LogP contribution < -0.4 is 32.7 Å². The van der Waals surface area contributed by atoms with Gasteiger partial charge in [0.05, 0.1) is 13.0 Å². The Bertz CT molecular complexity index is 1380. The highest BCUT2D eigenvalue weighted by Crippen LogP contribution is 2.15. The zero-order valence-corrected chi connectivity index (χ0v) is 26.3. The summed E-state index contributed by atoms with van der Waals surface area (Å²) in [7, 11) is 1.42. The number of fused-ring (bicyclic) bond motifs is 2. The predicted octanol–water partition coefficient (Wildman–Crippen LogP) is -1.34. The maximum Gasteiger partial charge on any atom is 0.490 e. The molecule has 0 saturated heterocycles. The molecule has 0 aromatic heterocycles. The van der Waals surface area contributed by atoms with Crippen LogP contribution in [0.2, 0.25) is 0 Å². The number of likely N-dealkylation sites (N-methyl/N-ethyl adjacent to an activating group) is 1. The topological polar surface area (TPSA) is 276 Å². The fraction of sp³-hybridized carbons (Fsp3) is 0.500. The van der Waals surface area contributed by atoms with Gasteiger partial charge in [0.25, 0.3) is 5.91 Å². The van der Waals surface area contributed by atoms with Gasteiger partial charge in [0, 0.05) is 25.7 Å². The normalized spacial score (nSPS) is 19.7. The van der Waals surface area contributed by atoms with Crippen LogP contribution in [-0.4, -0.2) is 107 Å². The first-order valence-electron chi connectivity index (χ1n) is 14.3. The molecule has 1 aromatic carbocycles. The number of nitrogens with one attached hydrogen (secondary N) is 4. The largest absolute Gasteiger partial charge is 0.490 e. The number of aliphatic imine (C=N–C) groups is 1. The summed E-state index contributed by atoms with van der Waals surface area (Å²) in [6.45, 7) is 3.04. The summed E-state index contributed by atoms with van der Waals surface area (Å²) in [5, 5.41) is 26.4. The summed E-state index contributed by atoms with van der Waals surface area (Å²) < 4.78 is 31.7. The van der Waals surface area contributed by atoms with Crippen LogP contribution in [0.5, 0.6) is 0 Å². The van der Waals surface area contributed by atoms with E-state index in [1.165, 1.54) is 24.1 Å². The molecule has 0 aliphatic carbocycles. The monoisotopic (exact) mass is 688 g/mol. The molecule has 5 amide bonds. The Hall–Kier alpha value is -5.43. The molecular formula is C28H39F3N8O9. The molecule has 2 rings (SSSR count). The molecule has 1 heterocycles. The SMILES string of the molecule is CC(C)[C@H]1NC(=O)c2cccc(c2)CNC(=O)[C@H](CC(=O)O)NC(=O)CNC(=O)[C@H](CCCN=C(N)N)N(C)C1=O.O=C(O)C(F)(F)F. The minimum atomic E-state index is -5.08. The molecule has 10 N–H and O–H groups in total. The number of amides is 5. The highest BCUT2D eigenvalue weighted by Gasteiger charge is 2.38. The van der Waals surface area contributed by atoms with Gasteiger partial charge in [-0.25, -0.2) is 4.79 Å². The van der Waals surface area contributed by atoms with Crippen molar-refractivity contribution in [3.8, 4) is 0 Å². The van der Waals surface area contributed by atoms with Gasteiger partial charge in [-0.15, -0.1) is 0 Å². The first-order valence-corrected chi connectivity index (χ1v) is 14.3.